The van der Waals surface area contributed by atoms with Gasteiger partial charge in [-0.1, -0.05) is 20.8 Å². The second kappa shape index (κ2) is 9.86. The minimum absolute atomic E-state index is 0.0845. The molecule has 4 aliphatic rings. The summed E-state index contributed by atoms with van der Waals surface area (Å²) in [6, 6.07) is 0. The Labute approximate surface area is 210 Å². The summed E-state index contributed by atoms with van der Waals surface area (Å²) in [7, 11) is -4.08. The van der Waals surface area contributed by atoms with Crippen molar-refractivity contribution >= 4 is 16.0 Å². The van der Waals surface area contributed by atoms with Gasteiger partial charge in [-0.05, 0) is 97.7 Å². The van der Waals surface area contributed by atoms with Crippen LogP contribution in [0.25, 0.3) is 0 Å². The molecule has 0 saturated heterocycles. The first-order valence-corrected chi connectivity index (χ1v) is 15.1. The quantitative estimate of drug-likeness (QED) is 0.327. The van der Waals surface area contributed by atoms with Crippen molar-refractivity contribution in [2.75, 3.05) is 12.3 Å². The SMILES string of the molecule is C[C@H](CCC(=O)NCCS(=O)(=O)O)[C@H]1CC[C@H]2[C@@H]3[C@H](O)C[C@@H]4C[C@H](O)C[C@@H](O)[C@]4(C)[C@H]3CC[C@]12C. The summed E-state index contributed by atoms with van der Waals surface area (Å²) in [5.41, 5.74) is -0.167. The zero-order valence-corrected chi connectivity index (χ0v) is 22.2. The van der Waals surface area contributed by atoms with Gasteiger partial charge in [-0.15, -0.1) is 0 Å². The van der Waals surface area contributed by atoms with Crippen molar-refractivity contribution in [1.29, 1.82) is 0 Å². The molecule has 0 bridgehead atoms. The largest absolute Gasteiger partial charge is 0.393 e. The molecule has 1 amide bonds. The van der Waals surface area contributed by atoms with E-state index in [2.05, 4.69) is 26.1 Å². The van der Waals surface area contributed by atoms with E-state index < -0.39 is 34.2 Å². The van der Waals surface area contributed by atoms with Gasteiger partial charge >= 0.3 is 0 Å². The maximum absolute atomic E-state index is 12.2. The number of aliphatic hydroxyl groups excluding tert-OH is 3. The third-order valence-electron chi connectivity index (χ3n) is 11.0. The van der Waals surface area contributed by atoms with Gasteiger partial charge in [0.2, 0.25) is 5.91 Å². The Hall–Kier alpha value is -0.740. The molecule has 9 heteroatoms. The molecular weight excluding hydrogens is 470 g/mol. The molecule has 0 aromatic rings. The molecular formula is C26H45NO7S. The number of fused-ring (bicyclic) bond motifs is 5. The number of nitrogens with one attached hydrogen (secondary N) is 1. The van der Waals surface area contributed by atoms with Crippen LogP contribution < -0.4 is 5.32 Å². The zero-order chi connectivity index (χ0) is 25.8. The summed E-state index contributed by atoms with van der Waals surface area (Å²) in [5.74, 6) is 1.08. The van der Waals surface area contributed by atoms with E-state index in [4.69, 9.17) is 4.55 Å². The molecule has 5 N–H and O–H groups in total. The van der Waals surface area contributed by atoms with Crippen LogP contribution in [-0.4, -0.2) is 64.8 Å². The highest BCUT2D eigenvalue weighted by Crippen LogP contribution is 2.68. The Bertz CT molecular complexity index is 896. The molecule has 11 atom stereocenters. The Morgan fingerprint density at radius 1 is 1.06 bits per heavy atom. The average molecular weight is 516 g/mol. The predicted molar refractivity (Wildman–Crippen MR) is 132 cm³/mol. The average Bonchev–Trinajstić information content (AvgIpc) is 3.10. The Balaban J connectivity index is 1.41. The fourth-order valence-electron chi connectivity index (χ4n) is 9.21. The van der Waals surface area contributed by atoms with Gasteiger partial charge < -0.3 is 20.6 Å². The molecule has 0 radical (unpaired) electrons. The lowest BCUT2D eigenvalue weighted by atomic mass is 9.43. The van der Waals surface area contributed by atoms with Crippen molar-refractivity contribution in [3.05, 3.63) is 0 Å². The van der Waals surface area contributed by atoms with Crippen LogP contribution in [0.2, 0.25) is 0 Å². The van der Waals surface area contributed by atoms with E-state index in [0.717, 1.165) is 32.1 Å². The molecule has 4 rings (SSSR count). The third-order valence-corrected chi connectivity index (χ3v) is 11.7. The number of hydrogen-bond donors (Lipinski definition) is 5. The van der Waals surface area contributed by atoms with E-state index in [1.807, 2.05) is 0 Å². The first-order valence-electron chi connectivity index (χ1n) is 13.5. The fraction of sp³-hybridized carbons (Fsp3) is 0.962. The minimum atomic E-state index is -4.08. The van der Waals surface area contributed by atoms with Gasteiger partial charge in [-0.2, -0.15) is 8.42 Å². The maximum Gasteiger partial charge on any atom is 0.266 e. The van der Waals surface area contributed by atoms with Gasteiger partial charge in [0.15, 0.2) is 0 Å². The van der Waals surface area contributed by atoms with Crippen LogP contribution in [0.15, 0.2) is 0 Å². The van der Waals surface area contributed by atoms with Crippen molar-refractivity contribution in [1.82, 2.24) is 5.32 Å². The van der Waals surface area contributed by atoms with Crippen LogP contribution >= 0.6 is 0 Å². The molecule has 35 heavy (non-hydrogen) atoms. The second-order valence-electron chi connectivity index (χ2n) is 12.7. The Kier molecular flexibility index (Phi) is 7.69. The number of carbonyl (C=O) groups excluding carboxylic acids is 1. The van der Waals surface area contributed by atoms with Crippen LogP contribution in [0, 0.1) is 46.3 Å². The number of aliphatic hydroxyl groups is 3. The third kappa shape index (κ3) is 5.05. The van der Waals surface area contributed by atoms with Crippen molar-refractivity contribution in [2.45, 2.75) is 96.9 Å². The lowest BCUT2D eigenvalue weighted by molar-refractivity contribution is -0.212. The van der Waals surface area contributed by atoms with E-state index in [0.29, 0.717) is 43.4 Å². The summed E-state index contributed by atoms with van der Waals surface area (Å²) in [5, 5.41) is 35.3. The summed E-state index contributed by atoms with van der Waals surface area (Å²) < 4.78 is 30.5. The highest BCUT2D eigenvalue weighted by Gasteiger charge is 2.64. The molecule has 0 unspecified atom stereocenters. The monoisotopic (exact) mass is 515 g/mol. The summed E-state index contributed by atoms with van der Waals surface area (Å²) in [6.07, 6.45) is 5.55. The van der Waals surface area contributed by atoms with Gasteiger partial charge in [0.25, 0.3) is 10.1 Å². The van der Waals surface area contributed by atoms with Crippen LogP contribution in [0.5, 0.6) is 0 Å². The summed E-state index contributed by atoms with van der Waals surface area (Å²) in [4.78, 5) is 12.2. The standard InChI is InChI=1S/C26H45NO7S/c1-15(4-7-23(31)27-10-11-35(32,33)34)18-5-6-19-24-20(8-9-25(18,19)2)26(3)16(13-21(24)29)12-17(28)14-22(26)30/h15-22,24,28-30H,4-14H2,1-3H3,(H,27,31)(H,32,33,34)/t15-,16+,17+,18-,19+,20+,21-,22-,24+,25-,26+/m1/s1. The van der Waals surface area contributed by atoms with Crippen molar-refractivity contribution in [2.24, 2.45) is 46.3 Å². The first kappa shape index (κ1) is 27.3. The van der Waals surface area contributed by atoms with Crippen molar-refractivity contribution in [3.8, 4) is 0 Å². The fourth-order valence-corrected chi connectivity index (χ4v) is 9.57. The molecule has 4 aliphatic carbocycles. The maximum atomic E-state index is 12.2. The van der Waals surface area contributed by atoms with Gasteiger partial charge in [0, 0.05) is 13.0 Å². The van der Waals surface area contributed by atoms with E-state index in [-0.39, 0.29) is 41.0 Å². The molecule has 202 valence electrons. The normalized spacial score (nSPS) is 46.3. The molecule has 4 saturated carbocycles. The highest BCUT2D eigenvalue weighted by molar-refractivity contribution is 7.85. The Morgan fingerprint density at radius 2 is 1.77 bits per heavy atom. The van der Waals surface area contributed by atoms with Gasteiger partial charge in [0.05, 0.1) is 24.1 Å². The van der Waals surface area contributed by atoms with Crippen LogP contribution in [0.4, 0.5) is 0 Å². The molecule has 0 aromatic carbocycles. The lowest BCUT2D eigenvalue weighted by Crippen LogP contribution is -2.62. The number of rotatable bonds is 7. The zero-order valence-electron chi connectivity index (χ0n) is 21.4. The molecule has 0 heterocycles. The molecule has 0 aliphatic heterocycles. The van der Waals surface area contributed by atoms with Gasteiger partial charge in [0.1, 0.15) is 0 Å². The van der Waals surface area contributed by atoms with Crippen LogP contribution in [-0.2, 0) is 14.9 Å². The lowest BCUT2D eigenvalue weighted by Gasteiger charge is -2.63. The minimum Gasteiger partial charge on any atom is -0.393 e. The molecule has 0 spiro atoms. The van der Waals surface area contributed by atoms with Crippen LogP contribution in [0.3, 0.4) is 0 Å². The topological polar surface area (TPSA) is 144 Å². The number of hydrogen-bond acceptors (Lipinski definition) is 6. The predicted octanol–water partition coefficient (Wildman–Crippen LogP) is 2.37. The van der Waals surface area contributed by atoms with E-state index >= 15 is 0 Å². The highest BCUT2D eigenvalue weighted by atomic mass is 32.2. The van der Waals surface area contributed by atoms with Gasteiger partial charge in [-0.25, -0.2) is 0 Å². The summed E-state index contributed by atoms with van der Waals surface area (Å²) >= 11 is 0. The van der Waals surface area contributed by atoms with E-state index in [9.17, 15) is 28.5 Å². The first-order chi connectivity index (χ1) is 16.3. The van der Waals surface area contributed by atoms with Crippen molar-refractivity contribution < 1.29 is 33.1 Å². The molecule has 0 aromatic heterocycles. The van der Waals surface area contributed by atoms with E-state index in [1.54, 1.807) is 0 Å². The van der Waals surface area contributed by atoms with Gasteiger partial charge in [-0.3, -0.25) is 9.35 Å². The van der Waals surface area contributed by atoms with E-state index in [1.165, 1.54) is 0 Å². The Morgan fingerprint density at radius 3 is 2.46 bits per heavy atom. The van der Waals surface area contributed by atoms with Crippen molar-refractivity contribution in [3.63, 3.8) is 0 Å². The number of carbonyl (C=O) groups is 1. The second-order valence-corrected chi connectivity index (χ2v) is 14.2. The smallest absolute Gasteiger partial charge is 0.266 e. The summed E-state index contributed by atoms with van der Waals surface area (Å²) in [6.45, 7) is 6.70. The number of amides is 1. The molecule has 4 fully saturated rings. The van der Waals surface area contributed by atoms with Crippen LogP contribution in [0.1, 0.15) is 78.6 Å². The molecule has 8 nitrogen and oxygen atoms in total.